The molecule has 1 N–H and O–H groups in total. The van der Waals surface area contributed by atoms with E-state index in [9.17, 15) is 14.7 Å². The number of nitrogens with zero attached hydrogens (tertiary/aromatic N) is 2. The highest BCUT2D eigenvalue weighted by Crippen LogP contribution is 2.16. The third kappa shape index (κ3) is 6.03. The van der Waals surface area contributed by atoms with Gasteiger partial charge in [0.25, 0.3) is 5.91 Å². The molecule has 29 heavy (non-hydrogen) atoms. The molecule has 1 aliphatic heterocycles. The van der Waals surface area contributed by atoms with Gasteiger partial charge in [0.1, 0.15) is 18.5 Å². The van der Waals surface area contributed by atoms with Crippen molar-refractivity contribution in [3.8, 4) is 5.75 Å². The molecular weight excluding hydrogens is 392 g/mol. The van der Waals surface area contributed by atoms with Crippen LogP contribution >= 0.6 is 11.3 Å². The van der Waals surface area contributed by atoms with Crippen LogP contribution in [0.5, 0.6) is 5.75 Å². The van der Waals surface area contributed by atoms with Crippen molar-refractivity contribution in [1.29, 1.82) is 0 Å². The van der Waals surface area contributed by atoms with Crippen LogP contribution in [-0.4, -0.2) is 78.8 Å². The first-order chi connectivity index (χ1) is 14.1. The molecule has 156 valence electrons. The minimum atomic E-state index is -0.666. The van der Waals surface area contributed by atoms with Gasteiger partial charge in [-0.1, -0.05) is 12.1 Å². The second-order valence-corrected chi connectivity index (χ2v) is 7.73. The van der Waals surface area contributed by atoms with Gasteiger partial charge in [-0.05, 0) is 36.6 Å². The summed E-state index contributed by atoms with van der Waals surface area (Å²) in [5.74, 6) is 0.194. The van der Waals surface area contributed by atoms with Gasteiger partial charge in [-0.3, -0.25) is 9.69 Å². The first kappa shape index (κ1) is 21.3. The number of rotatable bonds is 8. The number of hydrogen-bond acceptors (Lipinski definition) is 7. The van der Waals surface area contributed by atoms with Gasteiger partial charge < -0.3 is 19.5 Å². The van der Waals surface area contributed by atoms with E-state index in [1.54, 1.807) is 31.2 Å². The van der Waals surface area contributed by atoms with Crippen molar-refractivity contribution in [1.82, 2.24) is 9.80 Å². The number of piperazine rings is 1. The quantitative estimate of drug-likeness (QED) is 0.662. The maximum Gasteiger partial charge on any atom is 0.338 e. The summed E-state index contributed by atoms with van der Waals surface area (Å²) in [5.41, 5.74) is 0.422. The highest BCUT2D eigenvalue weighted by molar-refractivity contribution is 7.12. The number of carbonyl (C=O) groups is 2. The third-order valence-corrected chi connectivity index (χ3v) is 5.51. The van der Waals surface area contributed by atoms with Crippen LogP contribution in [0, 0.1) is 0 Å². The van der Waals surface area contributed by atoms with Crippen molar-refractivity contribution in [2.24, 2.45) is 0 Å². The smallest absolute Gasteiger partial charge is 0.338 e. The molecule has 1 atom stereocenters. The molecule has 1 fully saturated rings. The lowest BCUT2D eigenvalue weighted by Gasteiger charge is -2.35. The molecule has 1 aliphatic rings. The van der Waals surface area contributed by atoms with Gasteiger partial charge in [-0.15, -0.1) is 11.3 Å². The Morgan fingerprint density at radius 2 is 1.97 bits per heavy atom. The van der Waals surface area contributed by atoms with Crippen LogP contribution in [0.4, 0.5) is 0 Å². The second-order valence-electron chi connectivity index (χ2n) is 6.78. The largest absolute Gasteiger partial charge is 0.491 e. The van der Waals surface area contributed by atoms with E-state index >= 15 is 0 Å². The van der Waals surface area contributed by atoms with Crippen molar-refractivity contribution in [2.75, 3.05) is 45.9 Å². The number of aliphatic hydroxyl groups is 1. The summed E-state index contributed by atoms with van der Waals surface area (Å²) in [6.07, 6.45) is -0.666. The zero-order chi connectivity index (χ0) is 20.6. The fourth-order valence-electron chi connectivity index (χ4n) is 3.16. The van der Waals surface area contributed by atoms with E-state index in [1.807, 2.05) is 22.4 Å². The average molecular weight is 419 g/mol. The van der Waals surface area contributed by atoms with Crippen molar-refractivity contribution in [2.45, 2.75) is 13.0 Å². The number of ether oxygens (including phenoxy) is 2. The highest BCUT2D eigenvalue weighted by Gasteiger charge is 2.24. The summed E-state index contributed by atoms with van der Waals surface area (Å²) in [6.45, 7) is 5.39. The number of esters is 1. The van der Waals surface area contributed by atoms with E-state index in [2.05, 4.69) is 4.90 Å². The highest BCUT2D eigenvalue weighted by atomic mass is 32.1. The molecule has 2 heterocycles. The Bertz CT molecular complexity index is 803. The van der Waals surface area contributed by atoms with Crippen LogP contribution < -0.4 is 4.74 Å². The monoisotopic (exact) mass is 418 g/mol. The summed E-state index contributed by atoms with van der Waals surface area (Å²) in [5, 5.41) is 12.2. The maximum absolute atomic E-state index is 12.4. The Balaban J connectivity index is 1.41. The number of carbonyl (C=O) groups excluding carboxylic acids is 2. The van der Waals surface area contributed by atoms with Crippen LogP contribution in [0.1, 0.15) is 27.0 Å². The first-order valence-electron chi connectivity index (χ1n) is 9.70. The molecule has 0 aliphatic carbocycles. The van der Waals surface area contributed by atoms with E-state index in [0.29, 0.717) is 50.6 Å². The summed E-state index contributed by atoms with van der Waals surface area (Å²) >= 11 is 1.46. The fourth-order valence-corrected chi connectivity index (χ4v) is 3.85. The van der Waals surface area contributed by atoms with Gasteiger partial charge >= 0.3 is 5.97 Å². The van der Waals surface area contributed by atoms with E-state index in [1.165, 1.54) is 11.3 Å². The minimum absolute atomic E-state index is 0.0741. The topological polar surface area (TPSA) is 79.3 Å². The van der Waals surface area contributed by atoms with Crippen LogP contribution in [0.3, 0.4) is 0 Å². The zero-order valence-corrected chi connectivity index (χ0v) is 17.3. The molecular formula is C21H26N2O5S. The van der Waals surface area contributed by atoms with Gasteiger partial charge in [-0.25, -0.2) is 4.79 Å². The van der Waals surface area contributed by atoms with E-state index in [4.69, 9.17) is 9.47 Å². The molecule has 0 radical (unpaired) electrons. The van der Waals surface area contributed by atoms with Crippen molar-refractivity contribution >= 4 is 23.2 Å². The van der Waals surface area contributed by atoms with Crippen molar-refractivity contribution in [3.63, 3.8) is 0 Å². The average Bonchev–Trinajstić information content (AvgIpc) is 3.28. The Morgan fingerprint density at radius 3 is 2.66 bits per heavy atom. The van der Waals surface area contributed by atoms with Gasteiger partial charge in [0.2, 0.25) is 0 Å². The number of β-amino-alcohol motifs (C(OH)–C–C–N with tert-alkyl or cyclic N) is 1. The Hall–Kier alpha value is -2.42. The summed E-state index contributed by atoms with van der Waals surface area (Å²) in [7, 11) is 0. The molecule has 2 aromatic rings. The lowest BCUT2D eigenvalue weighted by molar-refractivity contribution is 0.0405. The summed E-state index contributed by atoms with van der Waals surface area (Å²) in [6, 6.07) is 10.5. The molecule has 8 heteroatoms. The predicted molar refractivity (Wildman–Crippen MR) is 111 cm³/mol. The number of hydrogen-bond donors (Lipinski definition) is 1. The molecule has 1 unspecified atom stereocenters. The van der Waals surface area contributed by atoms with Crippen molar-refractivity contribution in [3.05, 3.63) is 52.2 Å². The molecule has 0 bridgehead atoms. The molecule has 7 nitrogen and oxygen atoms in total. The van der Waals surface area contributed by atoms with Crippen LogP contribution in [-0.2, 0) is 4.74 Å². The summed E-state index contributed by atoms with van der Waals surface area (Å²) in [4.78, 5) is 28.9. The van der Waals surface area contributed by atoms with Gasteiger partial charge in [-0.2, -0.15) is 0 Å². The Kier molecular flexibility index (Phi) is 7.62. The molecule has 0 saturated carbocycles. The lowest BCUT2D eigenvalue weighted by Crippen LogP contribution is -2.50. The standard InChI is InChI=1S/C21H26N2O5S/c1-2-27-21(26)16-5-3-6-18(13-16)28-15-17(24)14-22-8-10-23(11-9-22)20(25)19-7-4-12-29-19/h3-7,12-13,17,24H,2,8-11,14-15H2,1H3. The SMILES string of the molecule is CCOC(=O)c1cccc(OCC(O)CN2CCN(C(=O)c3cccs3)CC2)c1. The molecule has 1 aromatic carbocycles. The van der Waals surface area contributed by atoms with Crippen LogP contribution in [0.15, 0.2) is 41.8 Å². The first-order valence-corrected chi connectivity index (χ1v) is 10.6. The maximum atomic E-state index is 12.4. The van der Waals surface area contributed by atoms with Gasteiger partial charge in [0.05, 0.1) is 17.0 Å². The predicted octanol–water partition coefficient (Wildman–Crippen LogP) is 2.12. The van der Waals surface area contributed by atoms with E-state index in [-0.39, 0.29) is 12.5 Å². The zero-order valence-electron chi connectivity index (χ0n) is 16.5. The number of benzene rings is 1. The van der Waals surface area contributed by atoms with Crippen molar-refractivity contribution < 1.29 is 24.2 Å². The van der Waals surface area contributed by atoms with E-state index in [0.717, 1.165) is 4.88 Å². The van der Waals surface area contributed by atoms with Crippen LogP contribution in [0.2, 0.25) is 0 Å². The molecule has 3 rings (SSSR count). The van der Waals surface area contributed by atoms with Gasteiger partial charge in [0.15, 0.2) is 0 Å². The molecule has 1 saturated heterocycles. The molecule has 1 amide bonds. The number of aliphatic hydroxyl groups excluding tert-OH is 1. The Labute approximate surface area is 174 Å². The Morgan fingerprint density at radius 1 is 1.17 bits per heavy atom. The number of amides is 1. The third-order valence-electron chi connectivity index (χ3n) is 4.65. The summed E-state index contributed by atoms with van der Waals surface area (Å²) < 4.78 is 10.6. The van der Waals surface area contributed by atoms with E-state index < -0.39 is 12.1 Å². The fraction of sp³-hybridized carbons (Fsp3) is 0.429. The molecule has 0 spiro atoms. The van der Waals surface area contributed by atoms with Gasteiger partial charge in [0, 0.05) is 32.7 Å². The lowest BCUT2D eigenvalue weighted by atomic mass is 10.2. The normalized spacial score (nSPS) is 15.7. The van der Waals surface area contributed by atoms with Crippen LogP contribution in [0.25, 0.3) is 0 Å². The molecule has 1 aromatic heterocycles. The minimum Gasteiger partial charge on any atom is -0.491 e. The second kappa shape index (κ2) is 10.4. The number of thiophene rings is 1.